The third-order valence-corrected chi connectivity index (χ3v) is 3.60. The maximum absolute atomic E-state index is 12.0. The van der Waals surface area contributed by atoms with Crippen LogP contribution in [-0.4, -0.2) is 34.9 Å². The van der Waals surface area contributed by atoms with Gasteiger partial charge in [-0.25, -0.2) is 0 Å². The number of nitro benzene ring substituents is 1. The summed E-state index contributed by atoms with van der Waals surface area (Å²) in [7, 11) is 1.42. The van der Waals surface area contributed by atoms with Crippen LogP contribution in [0.2, 0.25) is 0 Å². The first kappa shape index (κ1) is 13.3. The van der Waals surface area contributed by atoms with Crippen LogP contribution in [0.1, 0.15) is 5.56 Å². The summed E-state index contributed by atoms with van der Waals surface area (Å²) in [5.74, 6) is -0.728. The van der Waals surface area contributed by atoms with Crippen LogP contribution in [0, 0.1) is 10.1 Å². The van der Waals surface area contributed by atoms with E-state index in [-0.39, 0.29) is 17.5 Å². The standard InChI is InChI=1S/C12H10N2O4S/c1-13-11(15)9(10(19-2)12(13)16)7-3-5-8(6-4-7)14(17)18/h3-6H,1-2H3. The number of thioether (sulfide) groups is 1. The van der Waals surface area contributed by atoms with E-state index >= 15 is 0 Å². The van der Waals surface area contributed by atoms with Crippen molar-refractivity contribution < 1.29 is 14.5 Å². The Balaban J connectivity index is 2.50. The molecule has 0 bridgehead atoms. The van der Waals surface area contributed by atoms with E-state index in [4.69, 9.17) is 0 Å². The van der Waals surface area contributed by atoms with Crippen molar-refractivity contribution in [1.29, 1.82) is 0 Å². The Labute approximate surface area is 113 Å². The van der Waals surface area contributed by atoms with Crippen molar-refractivity contribution in [3.63, 3.8) is 0 Å². The summed E-state index contributed by atoms with van der Waals surface area (Å²) < 4.78 is 0. The molecular formula is C12H10N2O4S. The van der Waals surface area contributed by atoms with Crippen molar-refractivity contribution in [2.24, 2.45) is 0 Å². The zero-order valence-electron chi connectivity index (χ0n) is 10.2. The fourth-order valence-corrected chi connectivity index (χ4v) is 2.53. The maximum Gasteiger partial charge on any atom is 0.269 e. The topological polar surface area (TPSA) is 80.5 Å². The molecule has 1 aromatic carbocycles. The van der Waals surface area contributed by atoms with Gasteiger partial charge in [0, 0.05) is 19.2 Å². The number of likely N-dealkylation sites (N-methyl/N-ethyl adjacent to an activating group) is 1. The van der Waals surface area contributed by atoms with E-state index in [0.29, 0.717) is 16.0 Å². The molecule has 19 heavy (non-hydrogen) atoms. The second-order valence-electron chi connectivity index (χ2n) is 3.88. The Morgan fingerprint density at radius 3 is 2.21 bits per heavy atom. The van der Waals surface area contributed by atoms with E-state index in [1.54, 1.807) is 6.26 Å². The quantitative estimate of drug-likeness (QED) is 0.477. The fourth-order valence-electron chi connectivity index (χ4n) is 1.81. The number of hydrogen-bond donors (Lipinski definition) is 0. The first-order valence-corrected chi connectivity index (χ1v) is 6.55. The molecule has 0 spiro atoms. The van der Waals surface area contributed by atoms with Crippen LogP contribution in [0.3, 0.4) is 0 Å². The molecule has 2 amide bonds. The molecule has 98 valence electrons. The summed E-state index contributed by atoms with van der Waals surface area (Å²) in [6, 6.07) is 5.59. The summed E-state index contributed by atoms with van der Waals surface area (Å²) in [5.41, 5.74) is 0.757. The van der Waals surface area contributed by atoms with Gasteiger partial charge in [-0.15, -0.1) is 11.8 Å². The van der Waals surface area contributed by atoms with Gasteiger partial charge in [0.15, 0.2) is 0 Å². The number of carbonyl (C=O) groups is 2. The predicted molar refractivity (Wildman–Crippen MR) is 71.3 cm³/mol. The van der Waals surface area contributed by atoms with Gasteiger partial charge in [0.2, 0.25) is 0 Å². The van der Waals surface area contributed by atoms with Crippen molar-refractivity contribution >= 4 is 34.8 Å². The number of nitrogens with zero attached hydrogens (tertiary/aromatic N) is 2. The third-order valence-electron chi connectivity index (χ3n) is 2.82. The highest BCUT2D eigenvalue weighted by Gasteiger charge is 2.36. The molecular weight excluding hydrogens is 268 g/mol. The zero-order chi connectivity index (χ0) is 14.2. The van der Waals surface area contributed by atoms with E-state index in [2.05, 4.69) is 0 Å². The second kappa shape index (κ2) is 4.85. The van der Waals surface area contributed by atoms with Crippen molar-refractivity contribution in [2.75, 3.05) is 13.3 Å². The van der Waals surface area contributed by atoms with Crippen molar-refractivity contribution in [3.05, 3.63) is 44.8 Å². The van der Waals surface area contributed by atoms with Crippen molar-refractivity contribution in [3.8, 4) is 0 Å². The van der Waals surface area contributed by atoms with Gasteiger partial charge >= 0.3 is 0 Å². The van der Waals surface area contributed by atoms with E-state index in [9.17, 15) is 19.7 Å². The van der Waals surface area contributed by atoms with Gasteiger partial charge in [-0.3, -0.25) is 24.6 Å². The number of non-ortho nitro benzene ring substituents is 1. The smallest absolute Gasteiger partial charge is 0.269 e. The minimum atomic E-state index is -0.513. The number of imide groups is 1. The van der Waals surface area contributed by atoms with Gasteiger partial charge in [0.05, 0.1) is 15.4 Å². The first-order valence-electron chi connectivity index (χ1n) is 5.33. The zero-order valence-corrected chi connectivity index (χ0v) is 11.1. The van der Waals surface area contributed by atoms with Gasteiger partial charge in [-0.05, 0) is 24.0 Å². The molecule has 0 fully saturated rings. The van der Waals surface area contributed by atoms with Crippen LogP contribution in [0.15, 0.2) is 29.2 Å². The molecule has 0 radical (unpaired) electrons. The van der Waals surface area contributed by atoms with Crippen molar-refractivity contribution in [1.82, 2.24) is 4.90 Å². The summed E-state index contributed by atoms with van der Waals surface area (Å²) in [6.45, 7) is 0. The van der Waals surface area contributed by atoms with Crippen LogP contribution >= 0.6 is 11.8 Å². The first-order chi connectivity index (χ1) is 8.97. The molecule has 0 saturated heterocycles. The number of hydrogen-bond acceptors (Lipinski definition) is 5. The van der Waals surface area contributed by atoms with Crippen molar-refractivity contribution in [2.45, 2.75) is 0 Å². The molecule has 6 nitrogen and oxygen atoms in total. The summed E-state index contributed by atoms with van der Waals surface area (Å²) in [5, 5.41) is 10.6. The van der Waals surface area contributed by atoms with Crippen LogP contribution in [0.25, 0.3) is 5.57 Å². The number of rotatable bonds is 3. The molecule has 1 heterocycles. The Kier molecular flexibility index (Phi) is 3.39. The molecule has 0 aliphatic carbocycles. The summed E-state index contributed by atoms with van der Waals surface area (Å²) >= 11 is 1.20. The molecule has 0 saturated carbocycles. The SMILES string of the molecule is CSC1=C(c2ccc([N+](=O)[O-])cc2)C(=O)N(C)C1=O. The van der Waals surface area contributed by atoms with Gasteiger partial charge in [-0.1, -0.05) is 0 Å². The molecule has 2 rings (SSSR count). The van der Waals surface area contributed by atoms with Crippen LogP contribution < -0.4 is 0 Å². The summed E-state index contributed by atoms with van der Waals surface area (Å²) in [4.78, 5) is 35.3. The van der Waals surface area contributed by atoms with Crippen LogP contribution in [0.4, 0.5) is 5.69 Å². The lowest BCUT2D eigenvalue weighted by Crippen LogP contribution is -2.26. The predicted octanol–water partition coefficient (Wildman–Crippen LogP) is 1.67. The largest absolute Gasteiger partial charge is 0.277 e. The number of carbonyl (C=O) groups excluding carboxylic acids is 2. The fraction of sp³-hybridized carbons (Fsp3) is 0.167. The Morgan fingerprint density at radius 2 is 1.74 bits per heavy atom. The lowest BCUT2D eigenvalue weighted by molar-refractivity contribution is -0.384. The van der Waals surface area contributed by atoms with Gasteiger partial charge < -0.3 is 0 Å². The average molecular weight is 278 g/mol. The van der Waals surface area contributed by atoms with E-state index in [1.807, 2.05) is 0 Å². The lowest BCUT2D eigenvalue weighted by atomic mass is 10.1. The van der Waals surface area contributed by atoms with Gasteiger partial charge in [0.25, 0.3) is 17.5 Å². The monoisotopic (exact) mass is 278 g/mol. The highest BCUT2D eigenvalue weighted by molar-refractivity contribution is 8.03. The Bertz CT molecular complexity index is 607. The summed E-state index contributed by atoms with van der Waals surface area (Å²) in [6.07, 6.45) is 1.71. The number of benzene rings is 1. The highest BCUT2D eigenvalue weighted by Crippen LogP contribution is 2.34. The van der Waals surface area contributed by atoms with E-state index < -0.39 is 4.92 Å². The van der Waals surface area contributed by atoms with E-state index in [1.165, 1.54) is 43.1 Å². The van der Waals surface area contributed by atoms with Gasteiger partial charge in [0.1, 0.15) is 0 Å². The molecule has 1 aromatic rings. The number of amides is 2. The Morgan fingerprint density at radius 1 is 1.16 bits per heavy atom. The molecule has 1 aliphatic rings. The molecule has 0 aromatic heterocycles. The Hall–Kier alpha value is -2.15. The highest BCUT2D eigenvalue weighted by atomic mass is 32.2. The maximum atomic E-state index is 12.0. The normalized spacial score (nSPS) is 15.4. The lowest BCUT2D eigenvalue weighted by Gasteiger charge is -2.06. The molecule has 7 heteroatoms. The van der Waals surface area contributed by atoms with Gasteiger partial charge in [-0.2, -0.15) is 0 Å². The second-order valence-corrected chi connectivity index (χ2v) is 4.70. The molecule has 1 aliphatic heterocycles. The average Bonchev–Trinajstić information content (AvgIpc) is 2.62. The van der Waals surface area contributed by atoms with Crippen LogP contribution in [-0.2, 0) is 9.59 Å². The minimum absolute atomic E-state index is 0.0554. The van der Waals surface area contributed by atoms with E-state index in [0.717, 1.165) is 4.90 Å². The third kappa shape index (κ3) is 2.12. The van der Waals surface area contributed by atoms with Crippen LogP contribution in [0.5, 0.6) is 0 Å². The molecule has 0 unspecified atom stereocenters. The molecule has 0 atom stereocenters. The number of nitro groups is 1. The minimum Gasteiger partial charge on any atom is -0.277 e. The molecule has 0 N–H and O–H groups in total.